The SMILES string of the molecule is O=S=S1CCCO1. The first-order valence-corrected chi connectivity index (χ1v) is 4.65. The molecule has 42 valence electrons. The Morgan fingerprint density at radius 1 is 1.71 bits per heavy atom. The maximum absolute atomic E-state index is 9.94. The van der Waals surface area contributed by atoms with Gasteiger partial charge in [0.2, 0.25) is 0 Å². The van der Waals surface area contributed by atoms with Gasteiger partial charge in [0.1, 0.15) is 10.2 Å². The Kier molecular flexibility index (Phi) is 2.02. The highest BCUT2D eigenvalue weighted by atomic mass is 32.8. The molecule has 0 N–H and O–H groups in total. The van der Waals surface area contributed by atoms with Crippen LogP contribution in [0.2, 0.25) is 0 Å². The lowest BCUT2D eigenvalue weighted by molar-refractivity contribution is 0.400. The zero-order valence-corrected chi connectivity index (χ0v) is 5.39. The lowest BCUT2D eigenvalue weighted by Crippen LogP contribution is -1.83. The van der Waals surface area contributed by atoms with E-state index >= 15 is 0 Å². The van der Waals surface area contributed by atoms with Gasteiger partial charge in [-0.15, -0.1) is 0 Å². The fourth-order valence-electron chi connectivity index (χ4n) is 0.441. The maximum Gasteiger partial charge on any atom is 0.147 e. The summed E-state index contributed by atoms with van der Waals surface area (Å²) in [4.78, 5) is 0. The second-order valence-electron chi connectivity index (χ2n) is 1.25. The van der Waals surface area contributed by atoms with E-state index in [0.717, 1.165) is 18.8 Å². The summed E-state index contributed by atoms with van der Waals surface area (Å²) in [5, 5.41) is 0. The number of hydrogen-bond acceptors (Lipinski definition) is 2. The van der Waals surface area contributed by atoms with Crippen molar-refractivity contribution < 1.29 is 8.39 Å². The molecule has 1 atom stereocenters. The molecule has 1 heterocycles. The van der Waals surface area contributed by atoms with E-state index in [1.54, 1.807) is 0 Å². The maximum atomic E-state index is 9.94. The first kappa shape index (κ1) is 5.47. The van der Waals surface area contributed by atoms with Crippen LogP contribution < -0.4 is 0 Å². The second kappa shape index (κ2) is 2.59. The fourth-order valence-corrected chi connectivity index (χ4v) is 2.20. The van der Waals surface area contributed by atoms with E-state index in [-0.39, 0.29) is 9.74 Å². The first-order valence-electron chi connectivity index (χ1n) is 2.08. The van der Waals surface area contributed by atoms with E-state index in [9.17, 15) is 4.21 Å². The van der Waals surface area contributed by atoms with Crippen LogP contribution in [0.15, 0.2) is 0 Å². The smallest absolute Gasteiger partial charge is 0.147 e. The van der Waals surface area contributed by atoms with Gasteiger partial charge in [-0.05, 0) is 6.42 Å². The third-order valence-corrected chi connectivity index (χ3v) is 3.19. The molecule has 4 heteroatoms. The predicted octanol–water partition coefficient (Wildman–Crippen LogP) is 0.0680. The Morgan fingerprint density at radius 2 is 2.57 bits per heavy atom. The summed E-state index contributed by atoms with van der Waals surface area (Å²) < 4.78 is 14.9. The first-order chi connectivity index (χ1) is 3.43. The minimum atomic E-state index is -0.273. The van der Waals surface area contributed by atoms with Crippen molar-refractivity contribution in [3.63, 3.8) is 0 Å². The molecule has 1 fully saturated rings. The van der Waals surface area contributed by atoms with Crippen LogP contribution in [0.3, 0.4) is 0 Å². The summed E-state index contributed by atoms with van der Waals surface area (Å²) in [6.07, 6.45) is 1.07. The Labute approximate surface area is 47.7 Å². The molecule has 0 amide bonds. The van der Waals surface area contributed by atoms with Gasteiger partial charge in [0, 0.05) is 15.5 Å². The monoisotopic (exact) mass is 138 g/mol. The molecule has 0 aromatic heterocycles. The molecule has 0 aromatic rings. The number of rotatable bonds is 0. The summed E-state index contributed by atoms with van der Waals surface area (Å²) in [6, 6.07) is 0. The lowest BCUT2D eigenvalue weighted by Gasteiger charge is -1.82. The Bertz CT molecular complexity index is 108. The van der Waals surface area contributed by atoms with Gasteiger partial charge in [-0.3, -0.25) is 0 Å². The standard InChI is InChI=1S/C3H6O2S2/c4-6-7-3-1-2-5-7/h1-3H2. The quantitative estimate of drug-likeness (QED) is 0.473. The molecule has 7 heavy (non-hydrogen) atoms. The van der Waals surface area contributed by atoms with Crippen LogP contribution in [-0.2, 0) is 24.1 Å². The topological polar surface area (TPSA) is 26.3 Å². The molecule has 1 aliphatic heterocycles. The van der Waals surface area contributed by atoms with E-state index in [0.29, 0.717) is 10.2 Å². The van der Waals surface area contributed by atoms with Crippen molar-refractivity contribution in [2.75, 3.05) is 12.4 Å². The molecule has 0 aromatic carbocycles. The Morgan fingerprint density at radius 3 is 2.86 bits per heavy atom. The van der Waals surface area contributed by atoms with E-state index in [1.165, 1.54) is 0 Å². The van der Waals surface area contributed by atoms with Gasteiger partial charge < -0.3 is 4.18 Å². The Balaban J connectivity index is 2.57. The van der Waals surface area contributed by atoms with Crippen molar-refractivity contribution in [1.29, 1.82) is 0 Å². The highest BCUT2D eigenvalue weighted by Crippen LogP contribution is 2.00. The molecule has 2 nitrogen and oxygen atoms in total. The summed E-state index contributed by atoms with van der Waals surface area (Å²) in [7, 11) is 0.315. The predicted molar refractivity (Wildman–Crippen MR) is 30.9 cm³/mol. The highest BCUT2D eigenvalue weighted by molar-refractivity contribution is 8.28. The largest absolute Gasteiger partial charge is 0.310 e. The van der Waals surface area contributed by atoms with Crippen molar-refractivity contribution in [1.82, 2.24) is 0 Å². The third kappa shape index (κ3) is 1.36. The van der Waals surface area contributed by atoms with Crippen molar-refractivity contribution >= 4 is 20.0 Å². The number of hydrogen-bond donors (Lipinski definition) is 0. The van der Waals surface area contributed by atoms with Crippen LogP contribution in [-0.4, -0.2) is 16.6 Å². The van der Waals surface area contributed by atoms with Crippen LogP contribution in [0, 0.1) is 0 Å². The van der Waals surface area contributed by atoms with Gasteiger partial charge >= 0.3 is 0 Å². The van der Waals surface area contributed by atoms with Gasteiger partial charge in [0.25, 0.3) is 0 Å². The molecule has 1 unspecified atom stereocenters. The van der Waals surface area contributed by atoms with Crippen LogP contribution in [0.1, 0.15) is 6.42 Å². The molecule has 1 saturated heterocycles. The van der Waals surface area contributed by atoms with Crippen molar-refractivity contribution in [3.05, 3.63) is 0 Å². The minimum absolute atomic E-state index is 0.273. The highest BCUT2D eigenvalue weighted by Gasteiger charge is 2.04. The minimum Gasteiger partial charge on any atom is -0.310 e. The van der Waals surface area contributed by atoms with Gasteiger partial charge in [0.05, 0.1) is 6.61 Å². The molecular formula is C3H6O2S2. The fraction of sp³-hybridized carbons (Fsp3) is 1.00. The van der Waals surface area contributed by atoms with E-state index in [1.807, 2.05) is 0 Å². The van der Waals surface area contributed by atoms with E-state index < -0.39 is 0 Å². The molecule has 0 aliphatic carbocycles. The van der Waals surface area contributed by atoms with Crippen LogP contribution in [0.25, 0.3) is 0 Å². The van der Waals surface area contributed by atoms with E-state index in [2.05, 4.69) is 0 Å². The van der Waals surface area contributed by atoms with Gasteiger partial charge in [-0.1, -0.05) is 0 Å². The van der Waals surface area contributed by atoms with Gasteiger partial charge in [-0.25, -0.2) is 4.21 Å². The van der Waals surface area contributed by atoms with Crippen molar-refractivity contribution in [2.24, 2.45) is 0 Å². The molecule has 0 spiro atoms. The van der Waals surface area contributed by atoms with Crippen LogP contribution in [0.5, 0.6) is 0 Å². The average Bonchev–Trinajstić information content (AvgIpc) is 2.14. The third-order valence-electron chi connectivity index (χ3n) is 0.746. The van der Waals surface area contributed by atoms with E-state index in [4.69, 9.17) is 4.18 Å². The zero-order chi connectivity index (χ0) is 5.11. The van der Waals surface area contributed by atoms with Crippen molar-refractivity contribution in [2.45, 2.75) is 6.42 Å². The summed E-state index contributed by atoms with van der Waals surface area (Å²) in [5.41, 5.74) is 0. The summed E-state index contributed by atoms with van der Waals surface area (Å²) in [6.45, 7) is 0.790. The second-order valence-corrected chi connectivity index (χ2v) is 4.16. The molecule has 1 rings (SSSR count). The average molecular weight is 138 g/mol. The zero-order valence-electron chi connectivity index (χ0n) is 3.75. The van der Waals surface area contributed by atoms with Crippen molar-refractivity contribution in [3.8, 4) is 0 Å². The van der Waals surface area contributed by atoms with Crippen LogP contribution in [0.4, 0.5) is 0 Å². The molecule has 1 aliphatic rings. The van der Waals surface area contributed by atoms with Gasteiger partial charge in [0.15, 0.2) is 0 Å². The van der Waals surface area contributed by atoms with Crippen LogP contribution >= 0.6 is 0 Å². The molecule has 0 saturated carbocycles. The summed E-state index contributed by atoms with van der Waals surface area (Å²) >= 11 is 0. The Hall–Kier alpha value is 0.330. The van der Waals surface area contributed by atoms with Gasteiger partial charge in [-0.2, -0.15) is 0 Å². The lowest BCUT2D eigenvalue weighted by atomic mass is 10.5. The molecule has 0 bridgehead atoms. The normalized spacial score (nSPS) is 30.6. The summed E-state index contributed by atoms with van der Waals surface area (Å²) in [5.74, 6) is 0.966. The molecular weight excluding hydrogens is 132 g/mol. The molecule has 0 radical (unpaired) electrons.